The third-order valence-corrected chi connectivity index (χ3v) is 5.84. The van der Waals surface area contributed by atoms with E-state index in [1.165, 1.54) is 57.9 Å². The minimum Gasteiger partial charge on any atom is -0.330 e. The maximum Gasteiger partial charge on any atom is 0.0118 e. The number of rotatable bonds is 4. The summed E-state index contributed by atoms with van der Waals surface area (Å²) in [6, 6.07) is 0.800. The minimum atomic E-state index is 0.406. The van der Waals surface area contributed by atoms with Crippen molar-refractivity contribution in [2.45, 2.75) is 71.3 Å². The van der Waals surface area contributed by atoms with E-state index in [1.807, 2.05) is 0 Å². The fraction of sp³-hybridized carbons (Fsp3) is 1.00. The quantitative estimate of drug-likeness (QED) is 0.841. The molecule has 0 amide bonds. The monoisotopic (exact) mass is 266 g/mol. The molecule has 0 radical (unpaired) electrons. The first-order valence-corrected chi connectivity index (χ1v) is 8.47. The van der Waals surface area contributed by atoms with Gasteiger partial charge in [0.1, 0.15) is 0 Å². The van der Waals surface area contributed by atoms with E-state index in [0.29, 0.717) is 5.41 Å². The molecule has 2 nitrogen and oxygen atoms in total. The van der Waals surface area contributed by atoms with Crippen molar-refractivity contribution in [3.8, 4) is 0 Å². The molecular formula is C17H34N2. The van der Waals surface area contributed by atoms with Crippen molar-refractivity contribution >= 4 is 0 Å². The summed E-state index contributed by atoms with van der Waals surface area (Å²) in [5.41, 5.74) is 6.59. The third kappa shape index (κ3) is 3.72. The Morgan fingerprint density at radius 3 is 2.47 bits per heavy atom. The molecule has 2 aliphatic carbocycles. The Hall–Kier alpha value is -0.0800. The first kappa shape index (κ1) is 15.3. The SMILES string of the molecule is CC1CCCC(CN)(CN(C)C2CCCCC2C)C1. The predicted molar refractivity (Wildman–Crippen MR) is 83.2 cm³/mol. The highest BCUT2D eigenvalue weighted by molar-refractivity contribution is 4.91. The van der Waals surface area contributed by atoms with Crippen LogP contribution < -0.4 is 5.73 Å². The van der Waals surface area contributed by atoms with Crippen LogP contribution in [0.3, 0.4) is 0 Å². The smallest absolute Gasteiger partial charge is 0.0118 e. The molecule has 0 aromatic carbocycles. The number of nitrogens with zero attached hydrogens (tertiary/aromatic N) is 1. The average molecular weight is 266 g/mol. The van der Waals surface area contributed by atoms with Gasteiger partial charge in [-0.05, 0) is 56.5 Å². The van der Waals surface area contributed by atoms with Crippen molar-refractivity contribution in [2.24, 2.45) is 23.0 Å². The normalized spacial score (nSPS) is 40.6. The van der Waals surface area contributed by atoms with Crippen LogP contribution in [-0.4, -0.2) is 31.1 Å². The summed E-state index contributed by atoms with van der Waals surface area (Å²) in [4.78, 5) is 2.66. The Bertz CT molecular complexity index is 278. The summed E-state index contributed by atoms with van der Waals surface area (Å²) in [7, 11) is 2.35. The lowest BCUT2D eigenvalue weighted by Gasteiger charge is -2.45. The molecule has 0 saturated heterocycles. The highest BCUT2D eigenvalue weighted by Crippen LogP contribution is 2.40. The number of hydrogen-bond acceptors (Lipinski definition) is 2. The van der Waals surface area contributed by atoms with E-state index in [2.05, 4.69) is 25.8 Å². The van der Waals surface area contributed by atoms with E-state index in [1.54, 1.807) is 0 Å². The van der Waals surface area contributed by atoms with Crippen molar-refractivity contribution in [3.05, 3.63) is 0 Å². The lowest BCUT2D eigenvalue weighted by Crippen LogP contribution is -2.49. The van der Waals surface area contributed by atoms with Crippen LogP contribution in [0.1, 0.15) is 65.2 Å². The highest BCUT2D eigenvalue weighted by Gasteiger charge is 2.37. The van der Waals surface area contributed by atoms with Crippen LogP contribution in [0.25, 0.3) is 0 Å². The number of nitrogens with two attached hydrogens (primary N) is 1. The molecule has 2 aliphatic rings. The second-order valence-electron chi connectivity index (χ2n) is 7.65. The highest BCUT2D eigenvalue weighted by atomic mass is 15.1. The first-order chi connectivity index (χ1) is 9.06. The van der Waals surface area contributed by atoms with E-state index in [-0.39, 0.29) is 0 Å². The second-order valence-corrected chi connectivity index (χ2v) is 7.65. The van der Waals surface area contributed by atoms with Crippen LogP contribution in [0.4, 0.5) is 0 Å². The van der Waals surface area contributed by atoms with Gasteiger partial charge in [-0.3, -0.25) is 0 Å². The van der Waals surface area contributed by atoms with E-state index in [4.69, 9.17) is 5.73 Å². The van der Waals surface area contributed by atoms with Crippen molar-refractivity contribution in [1.29, 1.82) is 0 Å². The molecule has 0 aromatic rings. The number of hydrogen-bond donors (Lipinski definition) is 1. The molecule has 4 unspecified atom stereocenters. The molecular weight excluding hydrogens is 232 g/mol. The fourth-order valence-electron chi connectivity index (χ4n) is 4.76. The van der Waals surface area contributed by atoms with Gasteiger partial charge in [-0.2, -0.15) is 0 Å². The summed E-state index contributed by atoms with van der Waals surface area (Å²) in [6.45, 7) is 6.96. The molecule has 0 heterocycles. The molecule has 0 spiro atoms. The van der Waals surface area contributed by atoms with Gasteiger partial charge in [-0.25, -0.2) is 0 Å². The van der Waals surface area contributed by atoms with Crippen molar-refractivity contribution in [2.75, 3.05) is 20.1 Å². The molecule has 2 saturated carbocycles. The van der Waals surface area contributed by atoms with E-state index in [0.717, 1.165) is 24.4 Å². The Morgan fingerprint density at radius 1 is 1.11 bits per heavy atom. The van der Waals surface area contributed by atoms with E-state index < -0.39 is 0 Å². The maximum absolute atomic E-state index is 6.19. The van der Waals surface area contributed by atoms with Crippen molar-refractivity contribution in [3.63, 3.8) is 0 Å². The Labute approximate surface area is 120 Å². The van der Waals surface area contributed by atoms with Crippen LogP contribution in [0.5, 0.6) is 0 Å². The maximum atomic E-state index is 6.19. The van der Waals surface area contributed by atoms with Gasteiger partial charge in [0.15, 0.2) is 0 Å². The average Bonchev–Trinajstić information content (AvgIpc) is 2.39. The van der Waals surface area contributed by atoms with Crippen molar-refractivity contribution in [1.82, 2.24) is 4.90 Å². The van der Waals surface area contributed by atoms with Crippen LogP contribution in [0.2, 0.25) is 0 Å². The molecule has 0 aromatic heterocycles. The van der Waals surface area contributed by atoms with E-state index >= 15 is 0 Å². The fourth-order valence-corrected chi connectivity index (χ4v) is 4.76. The molecule has 2 heteroatoms. The van der Waals surface area contributed by atoms with Gasteiger partial charge in [-0.1, -0.05) is 39.5 Å². The van der Waals surface area contributed by atoms with Gasteiger partial charge in [0.05, 0.1) is 0 Å². The summed E-state index contributed by atoms with van der Waals surface area (Å²) >= 11 is 0. The van der Waals surface area contributed by atoms with Gasteiger partial charge in [0.2, 0.25) is 0 Å². The molecule has 4 atom stereocenters. The molecule has 19 heavy (non-hydrogen) atoms. The Kier molecular flexibility index (Phi) is 5.30. The minimum absolute atomic E-state index is 0.406. The molecule has 2 rings (SSSR count). The Balaban J connectivity index is 1.96. The predicted octanol–water partition coefficient (Wildman–Crippen LogP) is 3.65. The van der Waals surface area contributed by atoms with Crippen molar-refractivity contribution < 1.29 is 0 Å². The standard InChI is InChI=1S/C17H34N2/c1-14-7-6-10-17(11-14,12-18)13-19(3)16-9-5-4-8-15(16)2/h14-16H,4-13,18H2,1-3H3. The third-order valence-electron chi connectivity index (χ3n) is 5.84. The lowest BCUT2D eigenvalue weighted by molar-refractivity contribution is 0.0520. The van der Waals surface area contributed by atoms with Crippen LogP contribution in [-0.2, 0) is 0 Å². The van der Waals surface area contributed by atoms with Crippen LogP contribution in [0, 0.1) is 17.3 Å². The molecule has 0 bridgehead atoms. The van der Waals surface area contributed by atoms with Gasteiger partial charge in [-0.15, -0.1) is 0 Å². The van der Waals surface area contributed by atoms with Gasteiger partial charge >= 0.3 is 0 Å². The zero-order valence-electron chi connectivity index (χ0n) is 13.3. The van der Waals surface area contributed by atoms with Crippen LogP contribution >= 0.6 is 0 Å². The summed E-state index contributed by atoms with van der Waals surface area (Å²) < 4.78 is 0. The van der Waals surface area contributed by atoms with Gasteiger partial charge in [0.25, 0.3) is 0 Å². The van der Waals surface area contributed by atoms with Gasteiger partial charge in [0, 0.05) is 12.6 Å². The largest absolute Gasteiger partial charge is 0.330 e. The molecule has 0 aliphatic heterocycles. The Morgan fingerprint density at radius 2 is 1.84 bits per heavy atom. The zero-order chi connectivity index (χ0) is 13.9. The second kappa shape index (κ2) is 6.58. The van der Waals surface area contributed by atoms with Crippen LogP contribution in [0.15, 0.2) is 0 Å². The topological polar surface area (TPSA) is 29.3 Å². The van der Waals surface area contributed by atoms with Gasteiger partial charge < -0.3 is 10.6 Å². The zero-order valence-corrected chi connectivity index (χ0v) is 13.3. The molecule has 2 fully saturated rings. The summed E-state index contributed by atoms with van der Waals surface area (Å²) in [6.07, 6.45) is 11.1. The summed E-state index contributed by atoms with van der Waals surface area (Å²) in [5.74, 6) is 1.74. The molecule has 112 valence electrons. The summed E-state index contributed by atoms with van der Waals surface area (Å²) in [5, 5.41) is 0. The lowest BCUT2D eigenvalue weighted by atomic mass is 9.69. The molecule has 2 N–H and O–H groups in total. The van der Waals surface area contributed by atoms with E-state index in [9.17, 15) is 0 Å². The first-order valence-electron chi connectivity index (χ1n) is 8.47.